The molecule has 1 nitrogen and oxygen atoms in total. The van der Waals surface area contributed by atoms with Crippen molar-refractivity contribution in [2.75, 3.05) is 0 Å². The number of hydrogen-bond donors (Lipinski definition) is 0. The molecule has 0 unspecified atom stereocenters. The highest BCUT2D eigenvalue weighted by molar-refractivity contribution is 9.08. The molecule has 1 aromatic rings. The summed E-state index contributed by atoms with van der Waals surface area (Å²) in [7, 11) is 0. The van der Waals surface area contributed by atoms with Crippen molar-refractivity contribution in [2.45, 2.75) is 37.4 Å². The molecule has 0 N–H and O–H groups in total. The average molecular weight is 281 g/mol. The lowest BCUT2D eigenvalue weighted by atomic mass is 9.97. The molecule has 1 aromatic carbocycles. The van der Waals surface area contributed by atoms with Crippen molar-refractivity contribution in [2.24, 2.45) is 5.92 Å². The Morgan fingerprint density at radius 2 is 1.81 bits per heavy atom. The van der Waals surface area contributed by atoms with Gasteiger partial charge in [0.15, 0.2) is 5.78 Å². The third kappa shape index (κ3) is 2.94. The van der Waals surface area contributed by atoms with Gasteiger partial charge in [-0.05, 0) is 11.5 Å². The molecule has 2 heteroatoms. The molecule has 0 aromatic heterocycles. The number of ketones is 1. The van der Waals surface area contributed by atoms with Gasteiger partial charge >= 0.3 is 0 Å². The van der Waals surface area contributed by atoms with Gasteiger partial charge in [0.2, 0.25) is 0 Å². The number of halogens is 1. The molecule has 86 valence electrons. The van der Waals surface area contributed by atoms with Crippen LogP contribution in [-0.4, -0.2) is 5.78 Å². The number of hydrogen-bond acceptors (Lipinski definition) is 1. The molecule has 1 aliphatic carbocycles. The van der Waals surface area contributed by atoms with Crippen LogP contribution in [0.3, 0.4) is 0 Å². The second-order valence-corrected chi connectivity index (χ2v) is 5.17. The van der Waals surface area contributed by atoms with Crippen molar-refractivity contribution in [3.8, 4) is 0 Å². The molecule has 0 atom stereocenters. The maximum absolute atomic E-state index is 12.0. The standard InChI is InChI=1S/C14H17BrO/c15-10-12-5-7-13(8-6-12)14(16)9-11-3-1-2-4-11/h5-8,11H,1-4,9-10H2. The summed E-state index contributed by atoms with van der Waals surface area (Å²) in [5.41, 5.74) is 2.09. The molecule has 2 rings (SSSR count). The molecule has 0 aliphatic heterocycles. The Kier molecular flexibility index (Phi) is 4.16. The number of alkyl halides is 1. The van der Waals surface area contributed by atoms with E-state index in [9.17, 15) is 4.79 Å². The molecule has 0 bridgehead atoms. The molecule has 0 saturated heterocycles. The molecule has 0 spiro atoms. The van der Waals surface area contributed by atoms with Gasteiger partial charge in [-0.1, -0.05) is 65.9 Å². The Balaban J connectivity index is 1.97. The van der Waals surface area contributed by atoms with Gasteiger partial charge in [-0.2, -0.15) is 0 Å². The summed E-state index contributed by atoms with van der Waals surface area (Å²) in [4.78, 5) is 12.0. The highest BCUT2D eigenvalue weighted by Crippen LogP contribution is 2.28. The van der Waals surface area contributed by atoms with Crippen molar-refractivity contribution < 1.29 is 4.79 Å². The second kappa shape index (κ2) is 5.62. The Hall–Kier alpha value is -0.630. The first kappa shape index (κ1) is 11.8. The average Bonchev–Trinajstić information content (AvgIpc) is 2.82. The van der Waals surface area contributed by atoms with Gasteiger partial charge in [-0.3, -0.25) is 4.79 Å². The molecule has 0 radical (unpaired) electrons. The highest BCUT2D eigenvalue weighted by Gasteiger charge is 2.19. The van der Waals surface area contributed by atoms with Gasteiger partial charge < -0.3 is 0 Å². The Morgan fingerprint density at radius 3 is 2.38 bits per heavy atom. The summed E-state index contributed by atoms with van der Waals surface area (Å²) < 4.78 is 0. The molecule has 1 aliphatic rings. The van der Waals surface area contributed by atoms with Gasteiger partial charge in [0.25, 0.3) is 0 Å². The van der Waals surface area contributed by atoms with E-state index in [4.69, 9.17) is 0 Å². The minimum atomic E-state index is 0.313. The van der Waals surface area contributed by atoms with Crippen molar-refractivity contribution in [1.82, 2.24) is 0 Å². The van der Waals surface area contributed by atoms with E-state index in [2.05, 4.69) is 15.9 Å². The zero-order chi connectivity index (χ0) is 11.4. The summed E-state index contributed by atoms with van der Waals surface area (Å²) in [6.45, 7) is 0. The largest absolute Gasteiger partial charge is 0.294 e. The minimum absolute atomic E-state index is 0.313. The van der Waals surface area contributed by atoms with E-state index in [0.717, 1.165) is 17.3 Å². The second-order valence-electron chi connectivity index (χ2n) is 4.61. The van der Waals surface area contributed by atoms with Crippen molar-refractivity contribution in [3.63, 3.8) is 0 Å². The minimum Gasteiger partial charge on any atom is -0.294 e. The fourth-order valence-corrected chi connectivity index (χ4v) is 2.75. The normalized spacial score (nSPS) is 16.6. The van der Waals surface area contributed by atoms with Crippen LogP contribution in [0.4, 0.5) is 0 Å². The number of carbonyl (C=O) groups excluding carboxylic acids is 1. The van der Waals surface area contributed by atoms with Gasteiger partial charge in [-0.25, -0.2) is 0 Å². The predicted molar refractivity (Wildman–Crippen MR) is 70.0 cm³/mol. The zero-order valence-electron chi connectivity index (χ0n) is 9.42. The smallest absolute Gasteiger partial charge is 0.163 e. The first-order valence-corrected chi connectivity index (χ1v) is 7.10. The summed E-state index contributed by atoms with van der Waals surface area (Å²) >= 11 is 3.41. The van der Waals surface area contributed by atoms with E-state index in [0.29, 0.717) is 11.7 Å². The zero-order valence-corrected chi connectivity index (χ0v) is 11.0. The number of rotatable bonds is 4. The molecule has 16 heavy (non-hydrogen) atoms. The summed E-state index contributed by atoms with van der Waals surface area (Å²) in [6, 6.07) is 7.95. The number of carbonyl (C=O) groups is 1. The monoisotopic (exact) mass is 280 g/mol. The van der Waals surface area contributed by atoms with E-state index in [1.807, 2.05) is 24.3 Å². The Bertz CT molecular complexity index is 350. The Morgan fingerprint density at radius 1 is 1.19 bits per heavy atom. The lowest BCUT2D eigenvalue weighted by Gasteiger charge is -2.07. The van der Waals surface area contributed by atoms with E-state index in [-0.39, 0.29) is 0 Å². The van der Waals surface area contributed by atoms with E-state index in [1.165, 1.54) is 31.2 Å². The van der Waals surface area contributed by atoms with Gasteiger partial charge in [0, 0.05) is 17.3 Å². The third-order valence-corrected chi connectivity index (χ3v) is 4.03. The lowest BCUT2D eigenvalue weighted by molar-refractivity contribution is 0.0962. The van der Waals surface area contributed by atoms with E-state index >= 15 is 0 Å². The maximum atomic E-state index is 12.0. The lowest BCUT2D eigenvalue weighted by Crippen LogP contribution is -2.05. The van der Waals surface area contributed by atoms with Crippen molar-refractivity contribution in [3.05, 3.63) is 35.4 Å². The molecule has 0 amide bonds. The Labute approximate surface area is 105 Å². The highest BCUT2D eigenvalue weighted by atomic mass is 79.9. The first-order chi connectivity index (χ1) is 7.79. The van der Waals surface area contributed by atoms with Crippen LogP contribution in [0.2, 0.25) is 0 Å². The van der Waals surface area contributed by atoms with E-state index < -0.39 is 0 Å². The summed E-state index contributed by atoms with van der Waals surface area (Å²) in [5.74, 6) is 0.955. The van der Waals surface area contributed by atoms with Crippen LogP contribution in [-0.2, 0) is 5.33 Å². The quantitative estimate of drug-likeness (QED) is 0.592. The number of Topliss-reactive ketones (excluding diaryl/α,β-unsaturated/α-hetero) is 1. The molecule has 1 fully saturated rings. The third-order valence-electron chi connectivity index (χ3n) is 3.38. The van der Waals surface area contributed by atoms with Crippen molar-refractivity contribution in [1.29, 1.82) is 0 Å². The summed E-state index contributed by atoms with van der Waals surface area (Å²) in [5, 5.41) is 0.851. The summed E-state index contributed by atoms with van der Waals surface area (Å²) in [6.07, 6.45) is 5.84. The van der Waals surface area contributed by atoms with Gasteiger partial charge in [-0.15, -0.1) is 0 Å². The van der Waals surface area contributed by atoms with Crippen LogP contribution in [0, 0.1) is 5.92 Å². The molecular weight excluding hydrogens is 264 g/mol. The van der Waals surface area contributed by atoms with E-state index in [1.54, 1.807) is 0 Å². The number of benzene rings is 1. The van der Waals surface area contributed by atoms with Crippen LogP contribution in [0.25, 0.3) is 0 Å². The molecular formula is C14H17BrO. The van der Waals surface area contributed by atoms with Crippen LogP contribution < -0.4 is 0 Å². The van der Waals surface area contributed by atoms with Gasteiger partial charge in [0.05, 0.1) is 0 Å². The van der Waals surface area contributed by atoms with Crippen LogP contribution in [0.15, 0.2) is 24.3 Å². The molecule has 0 heterocycles. The fraction of sp³-hybridized carbons (Fsp3) is 0.500. The van der Waals surface area contributed by atoms with Crippen LogP contribution >= 0.6 is 15.9 Å². The van der Waals surface area contributed by atoms with Gasteiger partial charge in [0.1, 0.15) is 0 Å². The van der Waals surface area contributed by atoms with Crippen LogP contribution in [0.5, 0.6) is 0 Å². The van der Waals surface area contributed by atoms with Crippen LogP contribution in [0.1, 0.15) is 48.0 Å². The topological polar surface area (TPSA) is 17.1 Å². The fourth-order valence-electron chi connectivity index (χ4n) is 2.37. The maximum Gasteiger partial charge on any atom is 0.163 e. The first-order valence-electron chi connectivity index (χ1n) is 5.97. The predicted octanol–water partition coefficient (Wildman–Crippen LogP) is 4.34. The SMILES string of the molecule is O=C(CC1CCCC1)c1ccc(CBr)cc1. The molecule has 1 saturated carbocycles. The van der Waals surface area contributed by atoms with Crippen molar-refractivity contribution >= 4 is 21.7 Å².